The SMILES string of the molecule is CCOc1ccccc1C1NC(=S)NC(c2ccccc2OCC)C12C(=O)NC(=O)NC2=O. The Labute approximate surface area is 196 Å². The van der Waals surface area contributed by atoms with Crippen LogP contribution in [0, 0.1) is 5.41 Å². The lowest BCUT2D eigenvalue weighted by Gasteiger charge is -2.49. The fraction of sp³-hybridized carbons (Fsp3) is 0.304. The number of ether oxygens (including phenoxy) is 2. The van der Waals surface area contributed by atoms with E-state index in [1.807, 2.05) is 13.8 Å². The lowest BCUT2D eigenvalue weighted by Crippen LogP contribution is -2.73. The fourth-order valence-corrected chi connectivity index (χ4v) is 4.66. The standard InChI is InChI=1S/C23H24N4O5S/c1-3-31-15-11-7-5-9-13(15)17-23(19(28)26-21(30)27-20(23)29)18(25-22(33)24-17)14-10-6-8-12-16(14)32-4-2/h5-12,17-18H,3-4H2,1-2H3,(H2,24,25,33)(H2,26,27,28,29,30). The van der Waals surface area contributed by atoms with Crippen LogP contribution in [0.4, 0.5) is 4.79 Å². The molecule has 2 aliphatic rings. The molecule has 4 rings (SSSR count). The number of rotatable bonds is 6. The Bertz CT molecular complexity index is 1040. The van der Waals surface area contributed by atoms with Crippen molar-refractivity contribution in [3.05, 3.63) is 59.7 Å². The molecule has 2 unspecified atom stereocenters. The fourth-order valence-electron chi connectivity index (χ4n) is 4.43. The van der Waals surface area contributed by atoms with Gasteiger partial charge >= 0.3 is 6.03 Å². The second kappa shape index (κ2) is 9.07. The predicted octanol–water partition coefficient (Wildman–Crippen LogP) is 2.10. The number of hydrogen-bond donors (Lipinski definition) is 4. The molecule has 0 radical (unpaired) electrons. The molecular formula is C23H24N4O5S. The van der Waals surface area contributed by atoms with Crippen molar-refractivity contribution in [2.24, 2.45) is 5.41 Å². The summed E-state index contributed by atoms with van der Waals surface area (Å²) in [7, 11) is 0. The number of benzene rings is 2. The second-order valence-electron chi connectivity index (χ2n) is 7.53. The number of carbonyl (C=O) groups is 3. The van der Waals surface area contributed by atoms with Gasteiger partial charge in [0.2, 0.25) is 11.8 Å². The maximum atomic E-state index is 13.6. The first-order chi connectivity index (χ1) is 15.9. The summed E-state index contributed by atoms with van der Waals surface area (Å²) in [6, 6.07) is 11.4. The molecule has 10 heteroatoms. The molecular weight excluding hydrogens is 444 g/mol. The number of nitrogens with one attached hydrogen (secondary N) is 4. The van der Waals surface area contributed by atoms with Gasteiger partial charge in [0.25, 0.3) is 0 Å². The molecule has 0 aromatic heterocycles. The minimum atomic E-state index is -1.84. The molecule has 33 heavy (non-hydrogen) atoms. The van der Waals surface area contributed by atoms with Crippen molar-refractivity contribution < 1.29 is 23.9 Å². The van der Waals surface area contributed by atoms with Crippen LogP contribution in [-0.2, 0) is 9.59 Å². The molecule has 1 spiro atoms. The van der Waals surface area contributed by atoms with Crippen LogP contribution < -0.4 is 30.7 Å². The highest BCUT2D eigenvalue weighted by molar-refractivity contribution is 7.80. The number of imide groups is 2. The maximum absolute atomic E-state index is 13.6. The number of para-hydroxylation sites is 2. The first-order valence-electron chi connectivity index (χ1n) is 10.6. The predicted molar refractivity (Wildman–Crippen MR) is 124 cm³/mol. The Morgan fingerprint density at radius 2 is 1.21 bits per heavy atom. The van der Waals surface area contributed by atoms with Crippen LogP contribution in [0.1, 0.15) is 37.1 Å². The van der Waals surface area contributed by atoms with Gasteiger partial charge in [0.1, 0.15) is 11.5 Å². The molecule has 2 fully saturated rings. The maximum Gasteiger partial charge on any atom is 0.328 e. The van der Waals surface area contributed by atoms with E-state index in [1.165, 1.54) is 0 Å². The summed E-state index contributed by atoms with van der Waals surface area (Å²) < 4.78 is 11.6. The minimum Gasteiger partial charge on any atom is -0.494 e. The van der Waals surface area contributed by atoms with Crippen LogP contribution in [0.5, 0.6) is 11.5 Å². The highest BCUT2D eigenvalue weighted by atomic mass is 32.1. The molecule has 2 aliphatic heterocycles. The van der Waals surface area contributed by atoms with E-state index in [4.69, 9.17) is 21.7 Å². The normalized spacial score (nSPS) is 21.5. The van der Waals surface area contributed by atoms with Gasteiger partial charge in [-0.1, -0.05) is 36.4 Å². The average Bonchev–Trinajstić information content (AvgIpc) is 2.79. The second-order valence-corrected chi connectivity index (χ2v) is 7.94. The number of thiocarbonyl (C=S) groups is 1. The van der Waals surface area contributed by atoms with Gasteiger partial charge in [-0.05, 0) is 38.2 Å². The Kier molecular flexibility index (Phi) is 6.19. The Balaban J connectivity index is 1.98. The lowest BCUT2D eigenvalue weighted by molar-refractivity contribution is -0.149. The number of carbonyl (C=O) groups excluding carboxylic acids is 3. The molecule has 2 saturated heterocycles. The first-order valence-corrected chi connectivity index (χ1v) is 11.0. The van der Waals surface area contributed by atoms with Gasteiger partial charge in [-0.25, -0.2) is 4.79 Å². The van der Waals surface area contributed by atoms with Crippen molar-refractivity contribution >= 4 is 35.2 Å². The molecule has 0 bridgehead atoms. The minimum absolute atomic E-state index is 0.241. The zero-order chi connectivity index (χ0) is 23.6. The van der Waals surface area contributed by atoms with E-state index < -0.39 is 35.3 Å². The van der Waals surface area contributed by atoms with E-state index in [2.05, 4.69) is 21.3 Å². The van der Waals surface area contributed by atoms with Crippen LogP contribution in [0.3, 0.4) is 0 Å². The van der Waals surface area contributed by atoms with E-state index in [-0.39, 0.29) is 5.11 Å². The van der Waals surface area contributed by atoms with Crippen LogP contribution in [0.15, 0.2) is 48.5 Å². The third-order valence-corrected chi connectivity index (χ3v) is 5.96. The quantitative estimate of drug-likeness (QED) is 0.376. The Hall–Kier alpha value is -3.66. The summed E-state index contributed by atoms with van der Waals surface area (Å²) in [4.78, 5) is 39.2. The summed E-state index contributed by atoms with van der Waals surface area (Å²) in [5, 5.41) is 11.0. The number of amides is 4. The molecule has 2 aromatic carbocycles. The zero-order valence-electron chi connectivity index (χ0n) is 18.1. The van der Waals surface area contributed by atoms with Crippen LogP contribution in [0.2, 0.25) is 0 Å². The molecule has 2 heterocycles. The molecule has 4 amide bonds. The van der Waals surface area contributed by atoms with E-state index in [0.717, 1.165) is 0 Å². The summed E-state index contributed by atoms with van der Waals surface area (Å²) in [5.41, 5.74) is -0.722. The third-order valence-electron chi connectivity index (χ3n) is 5.73. The molecule has 0 saturated carbocycles. The van der Waals surface area contributed by atoms with Crippen molar-refractivity contribution in [3.63, 3.8) is 0 Å². The smallest absolute Gasteiger partial charge is 0.328 e. The van der Waals surface area contributed by atoms with Gasteiger partial charge in [0.15, 0.2) is 10.5 Å². The summed E-state index contributed by atoms with van der Waals surface area (Å²) in [6.45, 7) is 4.44. The van der Waals surface area contributed by atoms with E-state index in [9.17, 15) is 14.4 Å². The van der Waals surface area contributed by atoms with Gasteiger partial charge in [0.05, 0.1) is 25.3 Å². The Morgan fingerprint density at radius 3 is 1.64 bits per heavy atom. The van der Waals surface area contributed by atoms with Crippen molar-refractivity contribution in [1.29, 1.82) is 0 Å². The van der Waals surface area contributed by atoms with Crippen LogP contribution >= 0.6 is 12.2 Å². The van der Waals surface area contributed by atoms with Crippen molar-refractivity contribution in [3.8, 4) is 11.5 Å². The molecule has 2 aromatic rings. The van der Waals surface area contributed by atoms with E-state index in [1.54, 1.807) is 48.5 Å². The largest absolute Gasteiger partial charge is 0.494 e. The summed E-state index contributed by atoms with van der Waals surface area (Å²) >= 11 is 5.49. The monoisotopic (exact) mass is 468 g/mol. The van der Waals surface area contributed by atoms with Gasteiger partial charge in [-0.15, -0.1) is 0 Å². The van der Waals surface area contributed by atoms with E-state index >= 15 is 0 Å². The van der Waals surface area contributed by atoms with Crippen molar-refractivity contribution in [2.75, 3.05) is 13.2 Å². The molecule has 172 valence electrons. The highest BCUT2D eigenvalue weighted by Crippen LogP contribution is 2.51. The van der Waals surface area contributed by atoms with Crippen molar-refractivity contribution in [2.45, 2.75) is 25.9 Å². The van der Waals surface area contributed by atoms with Gasteiger partial charge in [0, 0.05) is 11.1 Å². The topological polar surface area (TPSA) is 118 Å². The number of barbiturate groups is 1. The molecule has 9 nitrogen and oxygen atoms in total. The van der Waals surface area contributed by atoms with Crippen molar-refractivity contribution in [1.82, 2.24) is 21.3 Å². The number of hydrogen-bond acceptors (Lipinski definition) is 6. The summed E-state index contributed by atoms with van der Waals surface area (Å²) in [6.07, 6.45) is 0. The summed E-state index contributed by atoms with van der Waals surface area (Å²) in [5.74, 6) is -0.524. The van der Waals surface area contributed by atoms with Crippen LogP contribution in [-0.4, -0.2) is 36.2 Å². The molecule has 4 N–H and O–H groups in total. The zero-order valence-corrected chi connectivity index (χ0v) is 19.0. The van der Waals surface area contributed by atoms with Gasteiger partial charge in [-0.2, -0.15) is 0 Å². The van der Waals surface area contributed by atoms with Gasteiger partial charge in [-0.3, -0.25) is 20.2 Å². The highest BCUT2D eigenvalue weighted by Gasteiger charge is 2.64. The Morgan fingerprint density at radius 1 is 0.788 bits per heavy atom. The number of urea groups is 1. The molecule has 0 aliphatic carbocycles. The third kappa shape index (κ3) is 3.76. The van der Waals surface area contributed by atoms with Crippen LogP contribution in [0.25, 0.3) is 0 Å². The van der Waals surface area contributed by atoms with E-state index in [0.29, 0.717) is 35.8 Å². The lowest BCUT2D eigenvalue weighted by atomic mass is 9.65. The van der Waals surface area contributed by atoms with Gasteiger partial charge < -0.3 is 20.1 Å². The molecule has 2 atom stereocenters. The first kappa shape index (κ1) is 22.5. The average molecular weight is 469 g/mol.